The maximum atomic E-state index is 13.8. The molecule has 4 heterocycles. The van der Waals surface area contributed by atoms with Gasteiger partial charge in [0.15, 0.2) is 5.58 Å². The molecular formula is C20H20FN5O. The Labute approximate surface area is 155 Å². The van der Waals surface area contributed by atoms with Crippen molar-refractivity contribution in [1.29, 1.82) is 0 Å². The van der Waals surface area contributed by atoms with Gasteiger partial charge in [-0.3, -0.25) is 0 Å². The lowest BCUT2D eigenvalue weighted by atomic mass is 10.0. The minimum absolute atomic E-state index is 0.298. The number of anilines is 2. The van der Waals surface area contributed by atoms with E-state index in [0.29, 0.717) is 6.01 Å². The standard InChI is InChI=1S/C20H20FN5O/c1-24(2)20-23-16-9-13(4-5-18(16)27-20)26-7-6-17-15(11-26)14-8-12(21)10-22-19(14)25(17)3/h4-5,8-10H,6-7,11H2,1-3H3. The van der Waals surface area contributed by atoms with Crippen LogP contribution in [-0.4, -0.2) is 35.2 Å². The second-order valence-electron chi connectivity index (χ2n) is 7.22. The molecule has 27 heavy (non-hydrogen) atoms. The summed E-state index contributed by atoms with van der Waals surface area (Å²) in [5, 5.41) is 0.898. The summed E-state index contributed by atoms with van der Waals surface area (Å²) in [5.74, 6) is -0.298. The van der Waals surface area contributed by atoms with Crippen LogP contribution in [0.4, 0.5) is 16.1 Å². The monoisotopic (exact) mass is 365 g/mol. The zero-order chi connectivity index (χ0) is 18.7. The highest BCUT2D eigenvalue weighted by atomic mass is 19.1. The van der Waals surface area contributed by atoms with Crippen molar-refractivity contribution in [1.82, 2.24) is 14.5 Å². The van der Waals surface area contributed by atoms with Crippen LogP contribution in [0.1, 0.15) is 11.3 Å². The van der Waals surface area contributed by atoms with Gasteiger partial charge in [0.2, 0.25) is 0 Å². The molecule has 0 radical (unpaired) electrons. The molecule has 0 spiro atoms. The van der Waals surface area contributed by atoms with Gasteiger partial charge in [0.25, 0.3) is 6.01 Å². The van der Waals surface area contributed by atoms with Gasteiger partial charge in [0.1, 0.15) is 17.0 Å². The van der Waals surface area contributed by atoms with Crippen LogP contribution in [0.5, 0.6) is 0 Å². The van der Waals surface area contributed by atoms with E-state index < -0.39 is 0 Å². The summed E-state index contributed by atoms with van der Waals surface area (Å²) in [6.07, 6.45) is 2.18. The van der Waals surface area contributed by atoms with Crippen LogP contribution in [-0.2, 0) is 20.0 Å². The third-order valence-corrected chi connectivity index (χ3v) is 5.30. The highest BCUT2D eigenvalue weighted by Gasteiger charge is 2.24. The van der Waals surface area contributed by atoms with E-state index in [-0.39, 0.29) is 5.82 Å². The van der Waals surface area contributed by atoms with E-state index >= 15 is 0 Å². The number of aromatic nitrogens is 3. The van der Waals surface area contributed by atoms with Crippen molar-refractivity contribution in [2.24, 2.45) is 7.05 Å². The first-order chi connectivity index (χ1) is 13.0. The van der Waals surface area contributed by atoms with Crippen LogP contribution >= 0.6 is 0 Å². The van der Waals surface area contributed by atoms with Crippen molar-refractivity contribution in [3.8, 4) is 0 Å². The molecule has 7 heteroatoms. The first-order valence-corrected chi connectivity index (χ1v) is 8.96. The molecule has 4 aromatic rings. The smallest absolute Gasteiger partial charge is 0.297 e. The van der Waals surface area contributed by atoms with Crippen LogP contribution in [0.25, 0.3) is 22.1 Å². The zero-order valence-corrected chi connectivity index (χ0v) is 15.5. The van der Waals surface area contributed by atoms with Crippen molar-refractivity contribution in [3.05, 3.63) is 47.5 Å². The summed E-state index contributed by atoms with van der Waals surface area (Å²) in [6.45, 7) is 1.62. The molecule has 1 aliphatic rings. The van der Waals surface area contributed by atoms with E-state index in [4.69, 9.17) is 4.42 Å². The molecule has 0 fully saturated rings. The Bertz CT molecular complexity index is 1180. The van der Waals surface area contributed by atoms with E-state index in [1.165, 1.54) is 11.9 Å². The lowest BCUT2D eigenvalue weighted by Crippen LogP contribution is -2.30. The third-order valence-electron chi connectivity index (χ3n) is 5.30. The number of halogens is 1. The number of pyridine rings is 1. The number of rotatable bonds is 2. The Morgan fingerprint density at radius 3 is 2.89 bits per heavy atom. The minimum atomic E-state index is -0.298. The van der Waals surface area contributed by atoms with Crippen molar-refractivity contribution >= 4 is 33.8 Å². The van der Waals surface area contributed by atoms with Gasteiger partial charge < -0.3 is 18.8 Å². The van der Waals surface area contributed by atoms with Gasteiger partial charge in [0, 0.05) is 63.0 Å². The second kappa shape index (κ2) is 5.70. The van der Waals surface area contributed by atoms with E-state index in [0.717, 1.165) is 52.9 Å². The largest absolute Gasteiger partial charge is 0.423 e. The van der Waals surface area contributed by atoms with Gasteiger partial charge in [-0.15, -0.1) is 0 Å². The first kappa shape index (κ1) is 16.1. The van der Waals surface area contributed by atoms with Gasteiger partial charge in [-0.1, -0.05) is 0 Å². The molecule has 3 aromatic heterocycles. The summed E-state index contributed by atoms with van der Waals surface area (Å²) in [5.41, 5.74) is 5.93. The third kappa shape index (κ3) is 2.45. The predicted octanol–water partition coefficient (Wildman–Crippen LogP) is 3.48. The minimum Gasteiger partial charge on any atom is -0.423 e. The van der Waals surface area contributed by atoms with Crippen molar-refractivity contribution in [2.45, 2.75) is 13.0 Å². The molecule has 5 rings (SSSR count). The highest BCUT2D eigenvalue weighted by Crippen LogP contribution is 2.33. The molecular weight excluding hydrogens is 345 g/mol. The number of benzene rings is 1. The van der Waals surface area contributed by atoms with Crippen molar-refractivity contribution < 1.29 is 8.81 Å². The fourth-order valence-corrected chi connectivity index (χ4v) is 3.92. The molecule has 0 aliphatic carbocycles. The van der Waals surface area contributed by atoms with Crippen LogP contribution in [0, 0.1) is 5.82 Å². The van der Waals surface area contributed by atoms with Gasteiger partial charge in [-0.25, -0.2) is 9.37 Å². The van der Waals surface area contributed by atoms with E-state index in [9.17, 15) is 4.39 Å². The molecule has 138 valence electrons. The number of hydrogen-bond acceptors (Lipinski definition) is 5. The summed E-state index contributed by atoms with van der Waals surface area (Å²) in [4.78, 5) is 13.0. The molecule has 0 bridgehead atoms. The summed E-state index contributed by atoms with van der Waals surface area (Å²) < 4.78 is 21.6. The van der Waals surface area contributed by atoms with Crippen LogP contribution in [0.2, 0.25) is 0 Å². The zero-order valence-electron chi connectivity index (χ0n) is 15.5. The maximum absolute atomic E-state index is 13.8. The Balaban J connectivity index is 1.55. The number of fused-ring (bicyclic) bond motifs is 4. The quantitative estimate of drug-likeness (QED) is 0.544. The van der Waals surface area contributed by atoms with Gasteiger partial charge in [-0.2, -0.15) is 4.98 Å². The normalized spacial score (nSPS) is 14.1. The molecule has 0 amide bonds. The van der Waals surface area contributed by atoms with E-state index in [2.05, 4.69) is 31.6 Å². The van der Waals surface area contributed by atoms with Crippen LogP contribution < -0.4 is 9.80 Å². The fourth-order valence-electron chi connectivity index (χ4n) is 3.92. The van der Waals surface area contributed by atoms with Crippen LogP contribution in [0.3, 0.4) is 0 Å². The van der Waals surface area contributed by atoms with Gasteiger partial charge in [-0.05, 0) is 24.3 Å². The van der Waals surface area contributed by atoms with E-state index in [1.807, 2.05) is 32.1 Å². The van der Waals surface area contributed by atoms with E-state index in [1.54, 1.807) is 6.07 Å². The molecule has 0 unspecified atom stereocenters. The summed E-state index contributed by atoms with van der Waals surface area (Å²) in [7, 11) is 5.82. The topological polar surface area (TPSA) is 50.3 Å². The van der Waals surface area contributed by atoms with Crippen molar-refractivity contribution in [2.75, 3.05) is 30.4 Å². The van der Waals surface area contributed by atoms with Gasteiger partial charge in [0.05, 0.1) is 6.20 Å². The molecule has 1 aliphatic heterocycles. The molecule has 6 nitrogen and oxygen atoms in total. The Morgan fingerprint density at radius 1 is 1.22 bits per heavy atom. The van der Waals surface area contributed by atoms with Crippen molar-refractivity contribution in [3.63, 3.8) is 0 Å². The summed E-state index contributed by atoms with van der Waals surface area (Å²) in [6, 6.07) is 8.26. The Hall–Kier alpha value is -3.09. The average Bonchev–Trinajstić information content (AvgIpc) is 3.21. The lowest BCUT2D eigenvalue weighted by molar-refractivity contribution is 0.596. The number of nitrogens with zero attached hydrogens (tertiary/aromatic N) is 5. The SMILES string of the molecule is CN(C)c1nc2cc(N3CCc4c(c5cc(F)cnc5n4C)C3)ccc2o1. The molecule has 0 atom stereocenters. The average molecular weight is 365 g/mol. The maximum Gasteiger partial charge on any atom is 0.297 e. The number of aryl methyl sites for hydroxylation is 1. The molecule has 1 aromatic carbocycles. The second-order valence-corrected chi connectivity index (χ2v) is 7.22. The van der Waals surface area contributed by atoms with Gasteiger partial charge >= 0.3 is 0 Å². The highest BCUT2D eigenvalue weighted by molar-refractivity contribution is 5.84. The lowest BCUT2D eigenvalue weighted by Gasteiger charge is -2.29. The summed E-state index contributed by atoms with van der Waals surface area (Å²) >= 11 is 0. The molecule has 0 N–H and O–H groups in total. The molecule has 0 saturated carbocycles. The fraction of sp³-hybridized carbons (Fsp3) is 0.300. The molecule has 0 saturated heterocycles. The first-order valence-electron chi connectivity index (χ1n) is 8.96. The Kier molecular flexibility index (Phi) is 3.40. The van der Waals surface area contributed by atoms with Crippen LogP contribution in [0.15, 0.2) is 34.9 Å². The number of hydrogen-bond donors (Lipinski definition) is 0. The Morgan fingerprint density at radius 2 is 2.07 bits per heavy atom. The predicted molar refractivity (Wildman–Crippen MR) is 104 cm³/mol. The number of oxazole rings is 1.